The van der Waals surface area contributed by atoms with Gasteiger partial charge in [0.25, 0.3) is 5.91 Å². The summed E-state index contributed by atoms with van der Waals surface area (Å²) in [6.45, 7) is 10.4. The molecule has 7 heteroatoms. The third-order valence-electron chi connectivity index (χ3n) is 6.22. The summed E-state index contributed by atoms with van der Waals surface area (Å²) in [5.41, 5.74) is 6.07. The average Bonchev–Trinajstić information content (AvgIpc) is 2.80. The van der Waals surface area contributed by atoms with Crippen molar-refractivity contribution in [1.82, 2.24) is 14.9 Å². The van der Waals surface area contributed by atoms with Crippen molar-refractivity contribution in [3.05, 3.63) is 40.6 Å². The van der Waals surface area contributed by atoms with Gasteiger partial charge in [-0.05, 0) is 50.3 Å². The number of piperazine rings is 1. The number of aromatic nitrogens is 2. The fourth-order valence-corrected chi connectivity index (χ4v) is 4.33. The Bertz CT molecular complexity index is 1050. The van der Waals surface area contributed by atoms with Crippen molar-refractivity contribution in [3.8, 4) is 17.9 Å². The van der Waals surface area contributed by atoms with Crippen LogP contribution in [0.15, 0.2) is 18.2 Å². The van der Waals surface area contributed by atoms with Crippen LogP contribution in [-0.4, -0.2) is 60.6 Å². The lowest BCUT2D eigenvalue weighted by atomic mass is 10.0. The van der Waals surface area contributed by atoms with Gasteiger partial charge in [-0.15, -0.1) is 0 Å². The lowest BCUT2D eigenvalue weighted by Crippen LogP contribution is -2.49. The van der Waals surface area contributed by atoms with Gasteiger partial charge in [-0.25, -0.2) is 0 Å². The Labute approximate surface area is 184 Å². The summed E-state index contributed by atoms with van der Waals surface area (Å²) in [6.07, 6.45) is 0.877. The standard InChI is InChI=1S/C24H29N5O2/c1-5-7-22(30)27-12-14-28(15-13-27)23-19-10-11-29(16-20(19)25-24(26-23)31-4)21-9-6-8-17(2)18(21)3/h6,8-9H,10-16H2,1-4H3. The smallest absolute Gasteiger partial charge is 0.318 e. The van der Waals surface area contributed by atoms with Crippen LogP contribution < -0.4 is 14.5 Å². The molecule has 2 aliphatic rings. The van der Waals surface area contributed by atoms with Crippen molar-refractivity contribution in [3.63, 3.8) is 0 Å². The van der Waals surface area contributed by atoms with E-state index in [0.29, 0.717) is 19.1 Å². The largest absolute Gasteiger partial charge is 0.467 e. The molecule has 162 valence electrons. The van der Waals surface area contributed by atoms with Gasteiger partial charge in [-0.1, -0.05) is 18.1 Å². The zero-order valence-electron chi connectivity index (χ0n) is 18.7. The Morgan fingerprint density at radius 3 is 2.55 bits per heavy atom. The van der Waals surface area contributed by atoms with Gasteiger partial charge in [0.15, 0.2) is 0 Å². The van der Waals surface area contributed by atoms with Crippen molar-refractivity contribution in [2.75, 3.05) is 49.6 Å². The van der Waals surface area contributed by atoms with Crippen molar-refractivity contribution >= 4 is 17.4 Å². The molecule has 1 aromatic carbocycles. The van der Waals surface area contributed by atoms with E-state index >= 15 is 0 Å². The minimum atomic E-state index is -0.103. The number of fused-ring (bicyclic) bond motifs is 1. The van der Waals surface area contributed by atoms with Crippen molar-refractivity contribution in [1.29, 1.82) is 0 Å². The van der Waals surface area contributed by atoms with Crippen LogP contribution in [-0.2, 0) is 17.8 Å². The molecule has 2 aliphatic heterocycles. The van der Waals surface area contributed by atoms with Gasteiger partial charge in [0.1, 0.15) is 5.82 Å². The number of hydrogen-bond acceptors (Lipinski definition) is 6. The van der Waals surface area contributed by atoms with Crippen molar-refractivity contribution in [2.24, 2.45) is 0 Å². The van der Waals surface area contributed by atoms with E-state index in [-0.39, 0.29) is 5.91 Å². The Morgan fingerprint density at radius 1 is 1.06 bits per heavy atom. The zero-order valence-corrected chi connectivity index (χ0v) is 18.7. The number of ether oxygens (including phenoxy) is 1. The van der Waals surface area contributed by atoms with E-state index in [4.69, 9.17) is 14.7 Å². The highest BCUT2D eigenvalue weighted by Crippen LogP contribution is 2.32. The molecule has 1 fully saturated rings. The van der Waals surface area contributed by atoms with Crippen LogP contribution in [0, 0.1) is 25.7 Å². The summed E-state index contributed by atoms with van der Waals surface area (Å²) in [5, 5.41) is 0. The molecular formula is C24H29N5O2. The summed E-state index contributed by atoms with van der Waals surface area (Å²) < 4.78 is 5.44. The number of carbonyl (C=O) groups is 1. The van der Waals surface area contributed by atoms with Gasteiger partial charge in [-0.2, -0.15) is 9.97 Å². The number of carbonyl (C=O) groups excluding carboxylic acids is 1. The highest BCUT2D eigenvalue weighted by molar-refractivity contribution is 5.93. The molecule has 2 aromatic rings. The van der Waals surface area contributed by atoms with Crippen LogP contribution in [0.5, 0.6) is 6.01 Å². The molecule has 0 bridgehead atoms. The normalized spacial score (nSPS) is 15.8. The summed E-state index contributed by atoms with van der Waals surface area (Å²) in [4.78, 5) is 27.9. The third-order valence-corrected chi connectivity index (χ3v) is 6.22. The first-order valence-electron chi connectivity index (χ1n) is 10.7. The fourth-order valence-electron chi connectivity index (χ4n) is 4.33. The first-order valence-corrected chi connectivity index (χ1v) is 10.7. The maximum atomic E-state index is 12.1. The molecule has 3 heterocycles. The minimum Gasteiger partial charge on any atom is -0.467 e. The van der Waals surface area contributed by atoms with Gasteiger partial charge in [0.05, 0.1) is 19.3 Å². The zero-order chi connectivity index (χ0) is 22.0. The minimum absolute atomic E-state index is 0.103. The molecule has 1 saturated heterocycles. The molecule has 0 radical (unpaired) electrons. The maximum absolute atomic E-state index is 12.1. The number of anilines is 2. The molecule has 1 aromatic heterocycles. The van der Waals surface area contributed by atoms with Gasteiger partial charge in [0, 0.05) is 44.0 Å². The monoisotopic (exact) mass is 419 g/mol. The number of methoxy groups -OCH3 is 1. The SMILES string of the molecule is CC#CC(=O)N1CCN(c2nc(OC)nc3c2CCN(c2cccc(C)c2C)C3)CC1. The molecule has 0 saturated carbocycles. The molecule has 0 spiro atoms. The number of nitrogens with zero attached hydrogens (tertiary/aromatic N) is 5. The Morgan fingerprint density at radius 2 is 1.84 bits per heavy atom. The predicted octanol–water partition coefficient (Wildman–Crippen LogP) is 2.34. The fraction of sp³-hybridized carbons (Fsp3) is 0.458. The van der Waals surface area contributed by atoms with Crippen LogP contribution in [0.25, 0.3) is 0 Å². The van der Waals surface area contributed by atoms with E-state index in [0.717, 1.165) is 44.1 Å². The number of aryl methyl sites for hydroxylation is 1. The summed E-state index contributed by atoms with van der Waals surface area (Å²) >= 11 is 0. The number of benzene rings is 1. The number of hydrogen-bond donors (Lipinski definition) is 0. The predicted molar refractivity (Wildman–Crippen MR) is 121 cm³/mol. The van der Waals surface area contributed by atoms with Crippen molar-refractivity contribution in [2.45, 2.75) is 33.7 Å². The Hall–Kier alpha value is -3.27. The first kappa shape index (κ1) is 21.0. The average molecular weight is 420 g/mol. The molecule has 31 heavy (non-hydrogen) atoms. The van der Waals surface area contributed by atoms with E-state index in [1.54, 1.807) is 18.9 Å². The van der Waals surface area contributed by atoms with E-state index in [9.17, 15) is 4.79 Å². The Balaban J connectivity index is 1.59. The van der Waals surface area contributed by atoms with E-state index in [1.807, 2.05) is 0 Å². The number of amides is 1. The lowest BCUT2D eigenvalue weighted by molar-refractivity contribution is -0.125. The molecule has 1 amide bonds. The van der Waals surface area contributed by atoms with E-state index in [2.05, 4.69) is 53.7 Å². The number of rotatable bonds is 3. The molecule has 0 unspecified atom stereocenters. The molecule has 7 nitrogen and oxygen atoms in total. The molecule has 0 atom stereocenters. The van der Waals surface area contributed by atoms with Gasteiger partial charge >= 0.3 is 6.01 Å². The topological polar surface area (TPSA) is 61.8 Å². The third kappa shape index (κ3) is 4.15. The second-order valence-electron chi connectivity index (χ2n) is 8.00. The molecule has 0 aliphatic carbocycles. The van der Waals surface area contributed by atoms with Crippen LogP contribution in [0.3, 0.4) is 0 Å². The van der Waals surface area contributed by atoms with Crippen LogP contribution >= 0.6 is 0 Å². The van der Waals surface area contributed by atoms with Gasteiger partial charge in [-0.3, -0.25) is 4.79 Å². The maximum Gasteiger partial charge on any atom is 0.318 e. The molecule has 4 rings (SSSR count). The quantitative estimate of drug-likeness (QED) is 0.712. The van der Waals surface area contributed by atoms with Gasteiger partial charge in [0.2, 0.25) is 0 Å². The van der Waals surface area contributed by atoms with Crippen LogP contribution in [0.2, 0.25) is 0 Å². The Kier molecular flexibility index (Phi) is 5.99. The van der Waals surface area contributed by atoms with Crippen molar-refractivity contribution < 1.29 is 9.53 Å². The summed E-state index contributed by atoms with van der Waals surface area (Å²) in [6, 6.07) is 6.84. The van der Waals surface area contributed by atoms with E-state index in [1.165, 1.54) is 22.4 Å². The first-order chi connectivity index (χ1) is 15.0. The lowest BCUT2D eigenvalue weighted by Gasteiger charge is -2.37. The highest BCUT2D eigenvalue weighted by atomic mass is 16.5. The molecule has 0 N–H and O–H groups in total. The van der Waals surface area contributed by atoms with Crippen LogP contribution in [0.4, 0.5) is 11.5 Å². The second kappa shape index (κ2) is 8.84. The van der Waals surface area contributed by atoms with E-state index < -0.39 is 0 Å². The molecular weight excluding hydrogens is 390 g/mol. The van der Waals surface area contributed by atoms with Gasteiger partial charge < -0.3 is 19.4 Å². The highest BCUT2D eigenvalue weighted by Gasteiger charge is 2.28. The summed E-state index contributed by atoms with van der Waals surface area (Å²) in [7, 11) is 1.61. The summed E-state index contributed by atoms with van der Waals surface area (Å²) in [5.74, 6) is 6.16. The van der Waals surface area contributed by atoms with Crippen LogP contribution in [0.1, 0.15) is 29.3 Å². The second-order valence-corrected chi connectivity index (χ2v) is 8.00.